The Morgan fingerprint density at radius 1 is 1.13 bits per heavy atom. The van der Waals surface area contributed by atoms with Crippen molar-refractivity contribution in [1.29, 1.82) is 0 Å². The molecule has 1 aromatic carbocycles. The van der Waals surface area contributed by atoms with Crippen molar-refractivity contribution in [3.8, 4) is 0 Å². The van der Waals surface area contributed by atoms with E-state index >= 15 is 0 Å². The molecule has 0 spiro atoms. The molecule has 0 aromatic heterocycles. The molecule has 23 heavy (non-hydrogen) atoms. The number of carbonyl (C=O) groups is 3. The summed E-state index contributed by atoms with van der Waals surface area (Å²) in [7, 11) is 0. The van der Waals surface area contributed by atoms with Gasteiger partial charge in [-0.1, -0.05) is 12.1 Å². The highest BCUT2D eigenvalue weighted by atomic mass is 16.2. The monoisotopic (exact) mass is 317 g/mol. The highest BCUT2D eigenvalue weighted by Crippen LogP contribution is 2.19. The van der Waals surface area contributed by atoms with Crippen LogP contribution in [0.25, 0.3) is 0 Å². The maximum absolute atomic E-state index is 11.9. The van der Waals surface area contributed by atoms with Crippen molar-refractivity contribution in [3.05, 3.63) is 29.8 Å². The average Bonchev–Trinajstić information content (AvgIpc) is 3.23. The zero-order chi connectivity index (χ0) is 16.8. The van der Waals surface area contributed by atoms with Gasteiger partial charge in [-0.15, -0.1) is 0 Å². The topological polar surface area (TPSA) is 87.3 Å². The number of nitrogens with one attached hydrogen (secondary N) is 3. The number of anilines is 1. The molecule has 6 heteroatoms. The van der Waals surface area contributed by atoms with Crippen molar-refractivity contribution < 1.29 is 14.4 Å². The lowest BCUT2D eigenvalue weighted by atomic mass is 10.1. The molecule has 0 bridgehead atoms. The molecule has 1 fully saturated rings. The molecule has 3 amide bonds. The summed E-state index contributed by atoms with van der Waals surface area (Å²) in [6.45, 7) is 3.20. The van der Waals surface area contributed by atoms with Crippen LogP contribution < -0.4 is 16.0 Å². The lowest BCUT2D eigenvalue weighted by Crippen LogP contribution is -2.33. The second-order valence-corrected chi connectivity index (χ2v) is 6.07. The zero-order valence-corrected chi connectivity index (χ0v) is 13.5. The third kappa shape index (κ3) is 6.50. The van der Waals surface area contributed by atoms with E-state index in [1.807, 2.05) is 12.1 Å². The van der Waals surface area contributed by atoms with E-state index in [9.17, 15) is 14.4 Å². The first-order chi connectivity index (χ1) is 10.9. The van der Waals surface area contributed by atoms with E-state index in [0.717, 1.165) is 18.4 Å². The van der Waals surface area contributed by atoms with Crippen molar-refractivity contribution in [1.82, 2.24) is 10.6 Å². The predicted octanol–water partition coefficient (Wildman–Crippen LogP) is 1.36. The molecule has 1 saturated carbocycles. The van der Waals surface area contributed by atoms with Gasteiger partial charge in [-0.3, -0.25) is 14.4 Å². The third-order valence-corrected chi connectivity index (χ3v) is 3.49. The van der Waals surface area contributed by atoms with Crippen LogP contribution in [-0.2, 0) is 20.8 Å². The van der Waals surface area contributed by atoms with Gasteiger partial charge in [-0.05, 0) is 37.5 Å². The molecule has 1 unspecified atom stereocenters. The first kappa shape index (κ1) is 17.0. The Hall–Kier alpha value is -2.37. The molecule has 1 aromatic rings. The van der Waals surface area contributed by atoms with Crippen LogP contribution in [0.2, 0.25) is 0 Å². The minimum Gasteiger partial charge on any atom is -0.353 e. The fourth-order valence-corrected chi connectivity index (χ4v) is 2.29. The number of benzene rings is 1. The van der Waals surface area contributed by atoms with Gasteiger partial charge < -0.3 is 16.0 Å². The van der Waals surface area contributed by atoms with Gasteiger partial charge in [0.05, 0.1) is 6.42 Å². The minimum atomic E-state index is -0.210. The van der Waals surface area contributed by atoms with Gasteiger partial charge in [0.25, 0.3) is 0 Å². The van der Waals surface area contributed by atoms with E-state index in [0.29, 0.717) is 18.2 Å². The molecule has 0 heterocycles. The van der Waals surface area contributed by atoms with Crippen molar-refractivity contribution in [3.63, 3.8) is 0 Å². The van der Waals surface area contributed by atoms with Gasteiger partial charge in [-0.25, -0.2) is 0 Å². The van der Waals surface area contributed by atoms with Gasteiger partial charge in [0, 0.05) is 31.1 Å². The highest BCUT2D eigenvalue weighted by Gasteiger charge is 2.23. The Morgan fingerprint density at radius 3 is 2.35 bits per heavy atom. The van der Waals surface area contributed by atoms with Crippen LogP contribution >= 0.6 is 0 Å². The summed E-state index contributed by atoms with van der Waals surface area (Å²) in [6, 6.07) is 7.38. The number of rotatable bonds is 7. The van der Waals surface area contributed by atoms with E-state index in [-0.39, 0.29) is 30.2 Å². The van der Waals surface area contributed by atoms with Gasteiger partial charge in [-0.2, -0.15) is 0 Å². The van der Waals surface area contributed by atoms with Crippen LogP contribution in [0.15, 0.2) is 24.3 Å². The van der Waals surface area contributed by atoms with Crippen LogP contribution in [0.5, 0.6) is 0 Å². The summed E-state index contributed by atoms with van der Waals surface area (Å²) < 4.78 is 0. The quantitative estimate of drug-likeness (QED) is 0.709. The van der Waals surface area contributed by atoms with Crippen molar-refractivity contribution in [2.45, 2.75) is 51.6 Å². The molecular formula is C17H23N3O3. The standard InChI is InChI=1S/C17H23N3O3/c1-11(18-12(2)21)9-16(22)19-14-5-3-13(4-6-14)10-17(23)20-15-7-8-15/h3-6,11,15H,7-10H2,1-2H3,(H,18,21)(H,19,22)(H,20,23). The molecule has 1 aliphatic rings. The van der Waals surface area contributed by atoms with Crippen LogP contribution in [0.1, 0.15) is 38.7 Å². The second-order valence-electron chi connectivity index (χ2n) is 6.07. The molecule has 1 aliphatic carbocycles. The Bertz CT molecular complexity index is 579. The molecule has 124 valence electrons. The lowest BCUT2D eigenvalue weighted by Gasteiger charge is -2.12. The molecule has 6 nitrogen and oxygen atoms in total. The summed E-state index contributed by atoms with van der Waals surface area (Å²) in [5, 5.41) is 8.39. The molecule has 3 N–H and O–H groups in total. The number of amides is 3. The normalized spacial score (nSPS) is 14.7. The summed E-state index contributed by atoms with van der Waals surface area (Å²) in [4.78, 5) is 34.5. The first-order valence-electron chi connectivity index (χ1n) is 7.87. The number of hydrogen-bond donors (Lipinski definition) is 3. The van der Waals surface area contributed by atoms with E-state index in [2.05, 4.69) is 16.0 Å². The van der Waals surface area contributed by atoms with Crippen molar-refractivity contribution in [2.75, 3.05) is 5.32 Å². The SMILES string of the molecule is CC(=O)NC(C)CC(=O)Nc1ccc(CC(=O)NC2CC2)cc1. The number of hydrogen-bond acceptors (Lipinski definition) is 3. The summed E-state index contributed by atoms with van der Waals surface area (Å²) in [5.41, 5.74) is 1.59. The van der Waals surface area contributed by atoms with E-state index in [1.54, 1.807) is 19.1 Å². The Balaban J connectivity index is 1.78. The zero-order valence-electron chi connectivity index (χ0n) is 13.5. The van der Waals surface area contributed by atoms with Crippen molar-refractivity contribution in [2.24, 2.45) is 0 Å². The third-order valence-electron chi connectivity index (χ3n) is 3.49. The lowest BCUT2D eigenvalue weighted by molar-refractivity contribution is -0.121. The van der Waals surface area contributed by atoms with Crippen LogP contribution in [0, 0.1) is 0 Å². The van der Waals surface area contributed by atoms with E-state index in [1.165, 1.54) is 6.92 Å². The Kier molecular flexibility index (Phi) is 5.73. The van der Waals surface area contributed by atoms with Crippen LogP contribution in [-0.4, -0.2) is 29.8 Å². The van der Waals surface area contributed by atoms with E-state index in [4.69, 9.17) is 0 Å². The van der Waals surface area contributed by atoms with Gasteiger partial charge >= 0.3 is 0 Å². The summed E-state index contributed by atoms with van der Waals surface area (Å²) >= 11 is 0. The Labute approximate surface area is 136 Å². The molecule has 1 atom stereocenters. The van der Waals surface area contributed by atoms with Gasteiger partial charge in [0.2, 0.25) is 17.7 Å². The average molecular weight is 317 g/mol. The predicted molar refractivity (Wildman–Crippen MR) is 87.8 cm³/mol. The van der Waals surface area contributed by atoms with Crippen molar-refractivity contribution >= 4 is 23.4 Å². The summed E-state index contributed by atoms with van der Waals surface area (Å²) in [5.74, 6) is -0.280. The molecule has 0 saturated heterocycles. The fraction of sp³-hybridized carbons (Fsp3) is 0.471. The summed E-state index contributed by atoms with van der Waals surface area (Å²) in [6.07, 6.45) is 2.72. The molecular weight excluding hydrogens is 294 g/mol. The van der Waals surface area contributed by atoms with Gasteiger partial charge in [0.15, 0.2) is 0 Å². The maximum atomic E-state index is 11.9. The van der Waals surface area contributed by atoms with Gasteiger partial charge in [0.1, 0.15) is 0 Å². The number of carbonyl (C=O) groups excluding carboxylic acids is 3. The minimum absolute atomic E-state index is 0.0356. The van der Waals surface area contributed by atoms with Crippen LogP contribution in [0.3, 0.4) is 0 Å². The largest absolute Gasteiger partial charge is 0.353 e. The fourth-order valence-electron chi connectivity index (χ4n) is 2.29. The molecule has 0 aliphatic heterocycles. The van der Waals surface area contributed by atoms with E-state index < -0.39 is 0 Å². The highest BCUT2D eigenvalue weighted by molar-refractivity contribution is 5.91. The smallest absolute Gasteiger partial charge is 0.226 e. The second kappa shape index (κ2) is 7.76. The molecule has 0 radical (unpaired) electrons. The Morgan fingerprint density at radius 2 is 1.78 bits per heavy atom. The molecule has 2 rings (SSSR count). The maximum Gasteiger partial charge on any atom is 0.226 e. The first-order valence-corrected chi connectivity index (χ1v) is 7.87. The van der Waals surface area contributed by atoms with Crippen LogP contribution in [0.4, 0.5) is 5.69 Å².